The predicted octanol–water partition coefficient (Wildman–Crippen LogP) is 2.15. The maximum atomic E-state index is 11.5. The standard InChI is InChI=1S/C19H23NO4/c1-12(22)24-14-5-6-15-16-9-13-3-2-4-17(23)18(13)19(15,10-14)7-8-20(16)11-21/h2-4,11,14-16,23H,5-10H2,1H3/t14-,15?,16?,19?/m1/s1. The van der Waals surface area contributed by atoms with E-state index in [4.69, 9.17) is 4.74 Å². The summed E-state index contributed by atoms with van der Waals surface area (Å²) in [6.07, 6.45) is 4.97. The van der Waals surface area contributed by atoms with Crippen LogP contribution in [0, 0.1) is 5.92 Å². The number of likely N-dealkylation sites (tertiary alicyclic amines) is 1. The highest BCUT2D eigenvalue weighted by Crippen LogP contribution is 2.57. The molecule has 1 saturated carbocycles. The molecule has 0 radical (unpaired) electrons. The zero-order valence-electron chi connectivity index (χ0n) is 13.9. The minimum Gasteiger partial charge on any atom is -0.508 e. The Kier molecular flexibility index (Phi) is 3.55. The summed E-state index contributed by atoms with van der Waals surface area (Å²) < 4.78 is 5.53. The second kappa shape index (κ2) is 5.50. The first kappa shape index (κ1) is 15.5. The number of carbonyl (C=O) groups excluding carboxylic acids is 2. The SMILES string of the molecule is CC(=O)O[C@@H]1CCC2C3Cc4cccc(O)c4C2(CCN3C=O)C1. The molecular weight excluding hydrogens is 306 g/mol. The molecule has 0 aromatic heterocycles. The number of ether oxygens (including phenoxy) is 1. The van der Waals surface area contributed by atoms with Crippen LogP contribution in [0.1, 0.15) is 43.7 Å². The lowest BCUT2D eigenvalue weighted by atomic mass is 9.51. The Morgan fingerprint density at radius 2 is 2.25 bits per heavy atom. The van der Waals surface area contributed by atoms with Gasteiger partial charge in [0, 0.05) is 30.5 Å². The van der Waals surface area contributed by atoms with Crippen LogP contribution in [-0.4, -0.2) is 41.1 Å². The van der Waals surface area contributed by atoms with E-state index in [9.17, 15) is 14.7 Å². The van der Waals surface area contributed by atoms with Crippen LogP contribution >= 0.6 is 0 Å². The number of phenols is 1. The van der Waals surface area contributed by atoms with Crippen molar-refractivity contribution in [3.8, 4) is 5.75 Å². The molecule has 2 bridgehead atoms. The lowest BCUT2D eigenvalue weighted by molar-refractivity contribution is -0.152. The van der Waals surface area contributed by atoms with Crippen LogP contribution in [0.3, 0.4) is 0 Å². The molecule has 4 atom stereocenters. The fraction of sp³-hybridized carbons (Fsp3) is 0.579. The van der Waals surface area contributed by atoms with Crippen molar-refractivity contribution in [1.29, 1.82) is 0 Å². The molecule has 5 nitrogen and oxygen atoms in total. The highest BCUT2D eigenvalue weighted by atomic mass is 16.5. The first-order valence-electron chi connectivity index (χ1n) is 8.75. The lowest BCUT2D eigenvalue weighted by Crippen LogP contribution is -2.62. The van der Waals surface area contributed by atoms with Gasteiger partial charge in [-0.15, -0.1) is 0 Å². The Hall–Kier alpha value is -2.04. The quantitative estimate of drug-likeness (QED) is 0.667. The third kappa shape index (κ3) is 2.14. The average Bonchev–Trinajstić information content (AvgIpc) is 2.53. The molecule has 1 aromatic rings. The van der Waals surface area contributed by atoms with Crippen LogP contribution in [-0.2, 0) is 26.2 Å². The monoisotopic (exact) mass is 329 g/mol. The van der Waals surface area contributed by atoms with Crippen molar-refractivity contribution in [2.45, 2.75) is 56.6 Å². The van der Waals surface area contributed by atoms with E-state index < -0.39 is 0 Å². The van der Waals surface area contributed by atoms with Crippen molar-refractivity contribution in [2.24, 2.45) is 5.92 Å². The highest BCUT2D eigenvalue weighted by molar-refractivity contribution is 5.66. The number of aromatic hydroxyl groups is 1. The minimum absolute atomic E-state index is 0.104. The summed E-state index contributed by atoms with van der Waals surface area (Å²) in [6, 6.07) is 5.87. The topological polar surface area (TPSA) is 66.8 Å². The normalized spacial score (nSPS) is 34.0. The summed E-state index contributed by atoms with van der Waals surface area (Å²) in [4.78, 5) is 24.9. The van der Waals surface area contributed by atoms with Crippen LogP contribution in [0.4, 0.5) is 0 Å². The predicted molar refractivity (Wildman–Crippen MR) is 87.6 cm³/mol. The summed E-state index contributed by atoms with van der Waals surface area (Å²) in [6.45, 7) is 2.15. The smallest absolute Gasteiger partial charge is 0.302 e. The maximum Gasteiger partial charge on any atom is 0.302 e. The average molecular weight is 329 g/mol. The van der Waals surface area contributed by atoms with Crippen molar-refractivity contribution in [2.75, 3.05) is 6.54 Å². The van der Waals surface area contributed by atoms with Crippen LogP contribution in [0.2, 0.25) is 0 Å². The Labute approximate surface area is 141 Å². The van der Waals surface area contributed by atoms with E-state index in [0.29, 0.717) is 18.2 Å². The second-order valence-electron chi connectivity index (χ2n) is 7.45. The molecule has 3 aliphatic rings. The molecule has 2 aliphatic carbocycles. The lowest BCUT2D eigenvalue weighted by Gasteiger charge is -2.59. The molecule has 2 fully saturated rings. The van der Waals surface area contributed by atoms with E-state index in [1.54, 1.807) is 6.07 Å². The largest absolute Gasteiger partial charge is 0.508 e. The van der Waals surface area contributed by atoms with Crippen LogP contribution in [0.25, 0.3) is 0 Å². The van der Waals surface area contributed by atoms with Crippen LogP contribution in [0.5, 0.6) is 5.75 Å². The molecule has 4 rings (SSSR count). The fourth-order valence-electron chi connectivity index (χ4n) is 5.57. The molecule has 0 spiro atoms. The van der Waals surface area contributed by atoms with E-state index in [2.05, 4.69) is 6.07 Å². The Bertz CT molecular complexity index is 688. The molecular formula is C19H23NO4. The van der Waals surface area contributed by atoms with Crippen molar-refractivity contribution in [3.63, 3.8) is 0 Å². The van der Waals surface area contributed by atoms with Gasteiger partial charge in [0.05, 0.1) is 0 Å². The molecule has 1 aromatic carbocycles. The number of amides is 1. The van der Waals surface area contributed by atoms with E-state index in [1.165, 1.54) is 6.92 Å². The Morgan fingerprint density at radius 1 is 1.42 bits per heavy atom. The van der Waals surface area contributed by atoms with Crippen molar-refractivity contribution < 1.29 is 19.4 Å². The third-order valence-corrected chi connectivity index (χ3v) is 6.33. The second-order valence-corrected chi connectivity index (χ2v) is 7.45. The van der Waals surface area contributed by atoms with Gasteiger partial charge in [-0.2, -0.15) is 0 Å². The Balaban J connectivity index is 1.81. The number of rotatable bonds is 2. The molecule has 1 saturated heterocycles. The molecule has 1 N–H and O–H groups in total. The fourth-order valence-corrected chi connectivity index (χ4v) is 5.57. The summed E-state index contributed by atoms with van der Waals surface area (Å²) in [5.74, 6) is 0.424. The molecule has 128 valence electrons. The summed E-state index contributed by atoms with van der Waals surface area (Å²) in [7, 11) is 0. The summed E-state index contributed by atoms with van der Waals surface area (Å²) >= 11 is 0. The van der Waals surface area contributed by atoms with Gasteiger partial charge in [0.25, 0.3) is 0 Å². The van der Waals surface area contributed by atoms with Gasteiger partial charge in [0.2, 0.25) is 6.41 Å². The van der Waals surface area contributed by atoms with Gasteiger partial charge in [-0.25, -0.2) is 0 Å². The zero-order chi connectivity index (χ0) is 16.9. The van der Waals surface area contributed by atoms with Crippen LogP contribution < -0.4 is 0 Å². The number of phenolic OH excluding ortho intramolecular Hbond substituents is 1. The third-order valence-electron chi connectivity index (χ3n) is 6.33. The number of hydrogen-bond donors (Lipinski definition) is 1. The molecule has 1 amide bonds. The minimum atomic E-state index is -0.245. The highest BCUT2D eigenvalue weighted by Gasteiger charge is 2.56. The van der Waals surface area contributed by atoms with Gasteiger partial charge in [-0.3, -0.25) is 9.59 Å². The van der Waals surface area contributed by atoms with Crippen molar-refractivity contribution >= 4 is 12.4 Å². The number of benzene rings is 1. The maximum absolute atomic E-state index is 11.5. The van der Waals surface area contributed by atoms with Gasteiger partial charge in [0.15, 0.2) is 0 Å². The van der Waals surface area contributed by atoms with Gasteiger partial charge < -0.3 is 14.7 Å². The van der Waals surface area contributed by atoms with Gasteiger partial charge in [-0.1, -0.05) is 12.1 Å². The van der Waals surface area contributed by atoms with Gasteiger partial charge in [-0.05, 0) is 49.7 Å². The number of carbonyl (C=O) groups is 2. The molecule has 3 unspecified atom stereocenters. The van der Waals surface area contributed by atoms with E-state index in [0.717, 1.165) is 49.6 Å². The van der Waals surface area contributed by atoms with Crippen LogP contribution in [0.15, 0.2) is 18.2 Å². The summed E-state index contributed by atoms with van der Waals surface area (Å²) in [5.41, 5.74) is 1.97. The Morgan fingerprint density at radius 3 is 3.00 bits per heavy atom. The van der Waals surface area contributed by atoms with Gasteiger partial charge >= 0.3 is 5.97 Å². The van der Waals surface area contributed by atoms with E-state index in [-0.39, 0.29) is 23.5 Å². The molecule has 5 heteroatoms. The summed E-state index contributed by atoms with van der Waals surface area (Å²) in [5, 5.41) is 10.6. The number of hydrogen-bond acceptors (Lipinski definition) is 4. The first-order chi connectivity index (χ1) is 11.5. The molecule has 24 heavy (non-hydrogen) atoms. The van der Waals surface area contributed by atoms with E-state index >= 15 is 0 Å². The van der Waals surface area contributed by atoms with Gasteiger partial charge in [0.1, 0.15) is 11.9 Å². The number of fused-ring (bicyclic) bond motifs is 1. The van der Waals surface area contributed by atoms with Crippen molar-refractivity contribution in [3.05, 3.63) is 29.3 Å². The molecule has 1 heterocycles. The number of nitrogens with zero attached hydrogens (tertiary/aromatic N) is 1. The molecule has 1 aliphatic heterocycles. The first-order valence-corrected chi connectivity index (χ1v) is 8.75. The number of esters is 1. The zero-order valence-corrected chi connectivity index (χ0v) is 13.9. The van der Waals surface area contributed by atoms with E-state index in [1.807, 2.05) is 11.0 Å². The van der Waals surface area contributed by atoms with Crippen molar-refractivity contribution in [1.82, 2.24) is 4.90 Å². The number of piperidine rings is 1.